The van der Waals surface area contributed by atoms with Crippen molar-refractivity contribution in [2.24, 2.45) is 11.3 Å². The Morgan fingerprint density at radius 2 is 2.00 bits per heavy atom. The molecule has 0 aromatic rings. The van der Waals surface area contributed by atoms with Crippen LogP contribution in [0.25, 0.3) is 0 Å². The molecule has 6 nitrogen and oxygen atoms in total. The third-order valence-corrected chi connectivity index (χ3v) is 3.28. The highest BCUT2D eigenvalue weighted by Gasteiger charge is 2.45. The van der Waals surface area contributed by atoms with Crippen LogP contribution in [-0.4, -0.2) is 36.4 Å². The molecule has 110 valence electrons. The van der Waals surface area contributed by atoms with Gasteiger partial charge in [-0.25, -0.2) is 9.78 Å². The molecule has 19 heavy (non-hydrogen) atoms. The fraction of sp³-hybridized carbons (Fsp3) is 0.846. The first-order chi connectivity index (χ1) is 8.88. The van der Waals surface area contributed by atoms with E-state index < -0.39 is 17.3 Å². The van der Waals surface area contributed by atoms with Crippen LogP contribution in [0, 0.1) is 11.3 Å². The van der Waals surface area contributed by atoms with Crippen LogP contribution in [0.5, 0.6) is 0 Å². The van der Waals surface area contributed by atoms with Gasteiger partial charge in [-0.05, 0) is 26.7 Å². The van der Waals surface area contributed by atoms with Gasteiger partial charge in [0.15, 0.2) is 0 Å². The van der Waals surface area contributed by atoms with Gasteiger partial charge >= 0.3 is 11.9 Å². The molecule has 0 aliphatic heterocycles. The van der Waals surface area contributed by atoms with Crippen molar-refractivity contribution in [2.75, 3.05) is 13.2 Å². The summed E-state index contributed by atoms with van der Waals surface area (Å²) in [4.78, 5) is 31.9. The Hall–Kier alpha value is -1.14. The van der Waals surface area contributed by atoms with E-state index in [1.165, 1.54) is 0 Å². The van der Waals surface area contributed by atoms with Crippen LogP contribution in [0.2, 0.25) is 0 Å². The largest absolute Gasteiger partial charge is 0.481 e. The third-order valence-electron chi connectivity index (χ3n) is 3.28. The number of carboxylic acids is 1. The SMILES string of the molecule is CCC(C)(C)C(=O)OCCCOOC1CC1C(=O)O. The minimum Gasteiger partial charge on any atom is -0.481 e. The second kappa shape index (κ2) is 6.86. The van der Waals surface area contributed by atoms with E-state index in [0.29, 0.717) is 12.8 Å². The molecule has 1 rings (SSSR count). The Balaban J connectivity index is 1.98. The van der Waals surface area contributed by atoms with E-state index in [-0.39, 0.29) is 25.3 Å². The Labute approximate surface area is 112 Å². The summed E-state index contributed by atoms with van der Waals surface area (Å²) in [5.41, 5.74) is -0.458. The van der Waals surface area contributed by atoms with Crippen LogP contribution in [0.1, 0.15) is 40.0 Å². The van der Waals surface area contributed by atoms with E-state index in [1.807, 2.05) is 20.8 Å². The first-order valence-corrected chi connectivity index (χ1v) is 6.56. The predicted molar refractivity (Wildman–Crippen MR) is 66.2 cm³/mol. The van der Waals surface area contributed by atoms with Crippen LogP contribution in [0.4, 0.5) is 0 Å². The van der Waals surface area contributed by atoms with E-state index in [4.69, 9.17) is 19.6 Å². The van der Waals surface area contributed by atoms with Gasteiger partial charge < -0.3 is 9.84 Å². The molecular weight excluding hydrogens is 252 g/mol. The van der Waals surface area contributed by atoms with E-state index in [0.717, 1.165) is 6.42 Å². The van der Waals surface area contributed by atoms with Gasteiger partial charge in [0.25, 0.3) is 0 Å². The number of carbonyl (C=O) groups excluding carboxylic acids is 1. The molecule has 0 aromatic carbocycles. The molecule has 6 heteroatoms. The summed E-state index contributed by atoms with van der Waals surface area (Å²) in [6, 6.07) is 0. The molecule has 0 saturated heterocycles. The molecular formula is C13H22O6. The number of rotatable bonds is 9. The predicted octanol–water partition coefficient (Wildman–Crippen LogP) is 1.78. The third kappa shape index (κ3) is 5.16. The molecule has 0 aromatic heterocycles. The van der Waals surface area contributed by atoms with E-state index in [1.54, 1.807) is 0 Å². The zero-order valence-corrected chi connectivity index (χ0v) is 11.7. The minimum absolute atomic E-state index is 0.218. The molecule has 2 unspecified atom stereocenters. The van der Waals surface area contributed by atoms with Crippen molar-refractivity contribution in [1.82, 2.24) is 0 Å². The molecule has 1 fully saturated rings. The highest BCUT2D eigenvalue weighted by Crippen LogP contribution is 2.33. The van der Waals surface area contributed by atoms with Gasteiger partial charge in [0.2, 0.25) is 0 Å². The summed E-state index contributed by atoms with van der Waals surface area (Å²) in [6.07, 6.45) is 1.41. The van der Waals surface area contributed by atoms with Crippen molar-refractivity contribution < 1.29 is 29.2 Å². The maximum absolute atomic E-state index is 11.6. The van der Waals surface area contributed by atoms with Crippen molar-refractivity contribution in [1.29, 1.82) is 0 Å². The van der Waals surface area contributed by atoms with Gasteiger partial charge in [-0.3, -0.25) is 9.59 Å². The maximum Gasteiger partial charge on any atom is 0.311 e. The van der Waals surface area contributed by atoms with Gasteiger partial charge in [-0.2, -0.15) is 0 Å². The number of hydrogen-bond donors (Lipinski definition) is 1. The molecule has 0 amide bonds. The Morgan fingerprint density at radius 1 is 1.32 bits per heavy atom. The summed E-state index contributed by atoms with van der Waals surface area (Å²) in [6.45, 7) is 6.18. The molecule has 1 aliphatic rings. The fourth-order valence-corrected chi connectivity index (χ4v) is 1.30. The molecule has 0 spiro atoms. The Kier molecular flexibility index (Phi) is 5.75. The summed E-state index contributed by atoms with van der Waals surface area (Å²) in [5.74, 6) is -1.52. The highest BCUT2D eigenvalue weighted by atomic mass is 17.2. The second-order valence-corrected chi connectivity index (χ2v) is 5.36. The average Bonchev–Trinajstić information content (AvgIpc) is 3.12. The van der Waals surface area contributed by atoms with E-state index in [2.05, 4.69) is 0 Å². The van der Waals surface area contributed by atoms with Gasteiger partial charge in [0, 0.05) is 6.42 Å². The average molecular weight is 274 g/mol. The van der Waals surface area contributed by atoms with Crippen LogP contribution < -0.4 is 0 Å². The number of carboxylic acid groups (broad SMARTS) is 1. The maximum atomic E-state index is 11.6. The standard InChI is InChI=1S/C13H22O6/c1-4-13(2,3)12(16)17-6-5-7-18-19-10-8-9(10)11(14)15/h9-10H,4-8H2,1-3H3,(H,14,15). The quantitative estimate of drug-likeness (QED) is 0.299. The molecule has 0 heterocycles. The van der Waals surface area contributed by atoms with Crippen LogP contribution in [0.3, 0.4) is 0 Å². The van der Waals surface area contributed by atoms with Gasteiger partial charge in [0.05, 0.1) is 24.5 Å². The smallest absolute Gasteiger partial charge is 0.311 e. The van der Waals surface area contributed by atoms with Crippen molar-refractivity contribution in [3.63, 3.8) is 0 Å². The van der Waals surface area contributed by atoms with Crippen LogP contribution in [0.15, 0.2) is 0 Å². The normalized spacial score (nSPS) is 22.1. The highest BCUT2D eigenvalue weighted by molar-refractivity contribution is 5.75. The second-order valence-electron chi connectivity index (χ2n) is 5.36. The van der Waals surface area contributed by atoms with Crippen molar-refractivity contribution >= 4 is 11.9 Å². The van der Waals surface area contributed by atoms with E-state index in [9.17, 15) is 9.59 Å². The summed E-state index contributed by atoms with van der Waals surface area (Å²) in [5, 5.41) is 8.63. The topological polar surface area (TPSA) is 82.1 Å². The molecule has 1 saturated carbocycles. The van der Waals surface area contributed by atoms with Gasteiger partial charge in [0.1, 0.15) is 6.10 Å². The molecule has 1 N–H and O–H groups in total. The number of hydrogen-bond acceptors (Lipinski definition) is 5. The lowest BCUT2D eigenvalue weighted by Crippen LogP contribution is -2.26. The summed E-state index contributed by atoms with van der Waals surface area (Å²) >= 11 is 0. The zero-order chi connectivity index (χ0) is 14.5. The van der Waals surface area contributed by atoms with Crippen molar-refractivity contribution in [2.45, 2.75) is 46.1 Å². The minimum atomic E-state index is -0.857. The number of aliphatic carboxylic acids is 1. The van der Waals surface area contributed by atoms with Crippen LogP contribution in [-0.2, 0) is 24.1 Å². The Morgan fingerprint density at radius 3 is 2.53 bits per heavy atom. The number of carbonyl (C=O) groups is 2. The molecule has 0 bridgehead atoms. The summed E-state index contributed by atoms with van der Waals surface area (Å²) < 4.78 is 5.11. The lowest BCUT2D eigenvalue weighted by Gasteiger charge is -2.20. The van der Waals surface area contributed by atoms with Gasteiger partial charge in [-0.1, -0.05) is 6.92 Å². The molecule has 2 atom stereocenters. The first-order valence-electron chi connectivity index (χ1n) is 6.56. The lowest BCUT2D eigenvalue weighted by molar-refractivity contribution is -0.306. The number of esters is 1. The monoisotopic (exact) mass is 274 g/mol. The molecule has 0 radical (unpaired) electrons. The Bertz CT molecular complexity index is 325. The zero-order valence-electron chi connectivity index (χ0n) is 11.7. The van der Waals surface area contributed by atoms with Crippen molar-refractivity contribution in [3.05, 3.63) is 0 Å². The van der Waals surface area contributed by atoms with Crippen molar-refractivity contribution in [3.8, 4) is 0 Å². The number of ether oxygens (including phenoxy) is 1. The fourth-order valence-electron chi connectivity index (χ4n) is 1.30. The first kappa shape index (κ1) is 15.9. The lowest BCUT2D eigenvalue weighted by atomic mass is 9.91. The summed E-state index contributed by atoms with van der Waals surface area (Å²) in [7, 11) is 0. The van der Waals surface area contributed by atoms with Crippen LogP contribution >= 0.6 is 0 Å². The van der Waals surface area contributed by atoms with E-state index >= 15 is 0 Å². The van der Waals surface area contributed by atoms with Gasteiger partial charge in [-0.15, -0.1) is 0 Å². The molecule has 1 aliphatic carbocycles.